The van der Waals surface area contributed by atoms with Gasteiger partial charge in [0.15, 0.2) is 5.78 Å². The van der Waals surface area contributed by atoms with Crippen LogP contribution in [0.1, 0.15) is 49.2 Å². The van der Waals surface area contributed by atoms with Gasteiger partial charge < -0.3 is 0 Å². The Bertz CT molecular complexity index is 604. The molecule has 0 bridgehead atoms. The van der Waals surface area contributed by atoms with E-state index in [0.29, 0.717) is 0 Å². The van der Waals surface area contributed by atoms with Crippen molar-refractivity contribution in [1.29, 1.82) is 0 Å². The standard InChI is InChI=1S/C19H22OS/c1-14(20)17-9-5-15(6-10-17)13-16-7-11-18(12-8-16)21-19(2,3)4/h5-12H,13H2,1-4H3. The molecule has 1 nitrogen and oxygen atoms in total. The molecule has 0 unspecified atom stereocenters. The molecule has 0 heterocycles. The summed E-state index contributed by atoms with van der Waals surface area (Å²) < 4.78 is 0.240. The van der Waals surface area contributed by atoms with Gasteiger partial charge in [0.05, 0.1) is 0 Å². The van der Waals surface area contributed by atoms with E-state index in [1.54, 1.807) is 6.92 Å². The van der Waals surface area contributed by atoms with Crippen LogP contribution in [0.25, 0.3) is 0 Å². The van der Waals surface area contributed by atoms with Crippen LogP contribution in [0, 0.1) is 0 Å². The molecule has 0 aromatic heterocycles. The van der Waals surface area contributed by atoms with Gasteiger partial charge in [-0.1, -0.05) is 57.2 Å². The third kappa shape index (κ3) is 5.05. The summed E-state index contributed by atoms with van der Waals surface area (Å²) in [7, 11) is 0. The van der Waals surface area contributed by atoms with Crippen molar-refractivity contribution >= 4 is 17.5 Å². The minimum atomic E-state index is 0.116. The Morgan fingerprint density at radius 2 is 1.38 bits per heavy atom. The van der Waals surface area contributed by atoms with Gasteiger partial charge in [-0.05, 0) is 36.6 Å². The van der Waals surface area contributed by atoms with E-state index in [1.807, 2.05) is 36.0 Å². The molecule has 21 heavy (non-hydrogen) atoms. The van der Waals surface area contributed by atoms with Crippen LogP contribution in [0.2, 0.25) is 0 Å². The molecule has 0 fully saturated rings. The lowest BCUT2D eigenvalue weighted by atomic mass is 10.0. The molecule has 0 saturated heterocycles. The molecule has 0 amide bonds. The van der Waals surface area contributed by atoms with Crippen LogP contribution in [0.4, 0.5) is 0 Å². The Labute approximate surface area is 131 Å². The highest BCUT2D eigenvalue weighted by Gasteiger charge is 2.11. The van der Waals surface area contributed by atoms with Crippen molar-refractivity contribution in [3.05, 3.63) is 65.2 Å². The van der Waals surface area contributed by atoms with Gasteiger partial charge in [-0.15, -0.1) is 11.8 Å². The maximum absolute atomic E-state index is 11.3. The maximum Gasteiger partial charge on any atom is 0.159 e. The second-order valence-electron chi connectivity index (χ2n) is 6.29. The summed E-state index contributed by atoms with van der Waals surface area (Å²) in [6, 6.07) is 16.6. The Hall–Kier alpha value is -1.54. The van der Waals surface area contributed by atoms with Crippen molar-refractivity contribution in [2.24, 2.45) is 0 Å². The van der Waals surface area contributed by atoms with Crippen LogP contribution in [0.5, 0.6) is 0 Å². The number of carbonyl (C=O) groups excluding carboxylic acids is 1. The van der Waals surface area contributed by atoms with Crippen molar-refractivity contribution in [3.8, 4) is 0 Å². The monoisotopic (exact) mass is 298 g/mol. The summed E-state index contributed by atoms with van der Waals surface area (Å²) in [5.41, 5.74) is 3.30. The summed E-state index contributed by atoms with van der Waals surface area (Å²) in [6.07, 6.45) is 0.901. The van der Waals surface area contributed by atoms with E-state index in [2.05, 4.69) is 45.0 Å². The molecule has 0 aliphatic rings. The second-order valence-corrected chi connectivity index (χ2v) is 8.19. The highest BCUT2D eigenvalue weighted by Crippen LogP contribution is 2.31. The van der Waals surface area contributed by atoms with E-state index in [0.717, 1.165) is 12.0 Å². The Kier molecular flexibility index (Phi) is 4.89. The predicted octanol–water partition coefficient (Wildman–Crippen LogP) is 5.37. The minimum absolute atomic E-state index is 0.116. The van der Waals surface area contributed by atoms with Gasteiger partial charge in [-0.2, -0.15) is 0 Å². The zero-order valence-corrected chi connectivity index (χ0v) is 14.0. The van der Waals surface area contributed by atoms with Crippen LogP contribution in [-0.2, 0) is 6.42 Å². The SMILES string of the molecule is CC(=O)c1ccc(Cc2ccc(SC(C)(C)C)cc2)cc1. The lowest BCUT2D eigenvalue weighted by molar-refractivity contribution is 0.101. The van der Waals surface area contributed by atoms with Crippen molar-refractivity contribution in [1.82, 2.24) is 0 Å². The van der Waals surface area contributed by atoms with E-state index in [1.165, 1.54) is 16.0 Å². The first-order chi connectivity index (χ1) is 9.83. The van der Waals surface area contributed by atoms with Crippen LogP contribution in [0.3, 0.4) is 0 Å². The Morgan fingerprint density at radius 1 is 0.905 bits per heavy atom. The van der Waals surface area contributed by atoms with Gasteiger partial charge in [-0.25, -0.2) is 0 Å². The highest BCUT2D eigenvalue weighted by atomic mass is 32.2. The molecule has 0 radical (unpaired) electrons. The molecule has 0 aliphatic carbocycles. The summed E-state index contributed by atoms with van der Waals surface area (Å²) >= 11 is 1.88. The van der Waals surface area contributed by atoms with Gasteiger partial charge in [0.1, 0.15) is 0 Å². The number of hydrogen-bond acceptors (Lipinski definition) is 2. The lowest BCUT2D eigenvalue weighted by Gasteiger charge is -2.17. The number of carbonyl (C=O) groups is 1. The molecule has 0 saturated carbocycles. The molecule has 2 aromatic carbocycles. The number of benzene rings is 2. The van der Waals surface area contributed by atoms with E-state index < -0.39 is 0 Å². The van der Waals surface area contributed by atoms with Crippen LogP contribution >= 0.6 is 11.8 Å². The molecule has 110 valence electrons. The molecule has 2 heteroatoms. The van der Waals surface area contributed by atoms with Crippen molar-refractivity contribution in [3.63, 3.8) is 0 Å². The molecular formula is C19H22OS. The van der Waals surface area contributed by atoms with Gasteiger partial charge in [0.25, 0.3) is 0 Å². The topological polar surface area (TPSA) is 17.1 Å². The first-order valence-corrected chi connectivity index (χ1v) is 8.03. The fourth-order valence-electron chi connectivity index (χ4n) is 2.12. The Balaban J connectivity index is 2.04. The number of hydrogen-bond donors (Lipinski definition) is 0. The largest absolute Gasteiger partial charge is 0.295 e. The fourth-order valence-corrected chi connectivity index (χ4v) is 3.10. The second kappa shape index (κ2) is 6.48. The summed E-state index contributed by atoms with van der Waals surface area (Å²) in [5.74, 6) is 0.116. The number of ketones is 1. The van der Waals surface area contributed by atoms with Crippen LogP contribution < -0.4 is 0 Å². The third-order valence-corrected chi connectivity index (χ3v) is 4.24. The van der Waals surface area contributed by atoms with Gasteiger partial charge in [0, 0.05) is 15.2 Å². The van der Waals surface area contributed by atoms with E-state index >= 15 is 0 Å². The highest BCUT2D eigenvalue weighted by molar-refractivity contribution is 8.00. The number of Topliss-reactive ketones (excluding diaryl/α,β-unsaturated/α-hetero) is 1. The lowest BCUT2D eigenvalue weighted by Crippen LogP contribution is -2.06. The number of thioether (sulfide) groups is 1. The molecule has 2 rings (SSSR count). The minimum Gasteiger partial charge on any atom is -0.295 e. The third-order valence-electron chi connectivity index (χ3n) is 3.12. The first kappa shape index (κ1) is 15.8. The van der Waals surface area contributed by atoms with E-state index in [-0.39, 0.29) is 10.5 Å². The molecule has 0 atom stereocenters. The van der Waals surface area contributed by atoms with Crippen molar-refractivity contribution < 1.29 is 4.79 Å². The average Bonchev–Trinajstić information content (AvgIpc) is 2.40. The van der Waals surface area contributed by atoms with E-state index in [9.17, 15) is 4.79 Å². The summed E-state index contributed by atoms with van der Waals surface area (Å²) in [5, 5.41) is 0. The normalized spacial score (nSPS) is 11.4. The van der Waals surface area contributed by atoms with Gasteiger partial charge in [0.2, 0.25) is 0 Å². The quantitative estimate of drug-likeness (QED) is 0.557. The molecule has 0 N–H and O–H groups in total. The van der Waals surface area contributed by atoms with Crippen molar-refractivity contribution in [2.45, 2.75) is 43.8 Å². The molecule has 2 aromatic rings. The first-order valence-electron chi connectivity index (χ1n) is 7.21. The summed E-state index contributed by atoms with van der Waals surface area (Å²) in [4.78, 5) is 12.6. The fraction of sp³-hybridized carbons (Fsp3) is 0.316. The molecular weight excluding hydrogens is 276 g/mol. The van der Waals surface area contributed by atoms with E-state index in [4.69, 9.17) is 0 Å². The average molecular weight is 298 g/mol. The zero-order chi connectivity index (χ0) is 15.5. The van der Waals surface area contributed by atoms with Gasteiger partial charge in [-0.3, -0.25) is 4.79 Å². The Morgan fingerprint density at radius 3 is 1.81 bits per heavy atom. The summed E-state index contributed by atoms with van der Waals surface area (Å²) in [6.45, 7) is 8.27. The van der Waals surface area contributed by atoms with Crippen molar-refractivity contribution in [2.75, 3.05) is 0 Å². The molecule has 0 aliphatic heterocycles. The molecule has 0 spiro atoms. The number of rotatable bonds is 4. The van der Waals surface area contributed by atoms with Crippen LogP contribution in [-0.4, -0.2) is 10.5 Å². The zero-order valence-electron chi connectivity index (χ0n) is 13.1. The van der Waals surface area contributed by atoms with Gasteiger partial charge >= 0.3 is 0 Å². The van der Waals surface area contributed by atoms with Crippen LogP contribution in [0.15, 0.2) is 53.4 Å². The smallest absolute Gasteiger partial charge is 0.159 e. The maximum atomic E-state index is 11.3. The predicted molar refractivity (Wildman–Crippen MR) is 91.3 cm³/mol.